The van der Waals surface area contributed by atoms with Crippen LogP contribution in [0.15, 0.2) is 40.9 Å². The number of rotatable bonds is 6. The lowest BCUT2D eigenvalue weighted by molar-refractivity contribution is -0.122. The van der Waals surface area contributed by atoms with E-state index in [1.807, 2.05) is 44.2 Å². The fourth-order valence-corrected chi connectivity index (χ4v) is 1.84. The van der Waals surface area contributed by atoms with Gasteiger partial charge < -0.3 is 14.9 Å². The zero-order chi connectivity index (χ0) is 16.2. The van der Waals surface area contributed by atoms with Gasteiger partial charge in [-0.25, -0.2) is 0 Å². The minimum absolute atomic E-state index is 0.0598. The predicted octanol–water partition coefficient (Wildman–Crippen LogP) is 2.41. The van der Waals surface area contributed by atoms with Crippen LogP contribution in [0.3, 0.4) is 0 Å². The molecule has 2 rings (SSSR count). The molecular formula is C17H22N2O3. The molecule has 1 amide bonds. The number of amides is 1. The lowest BCUT2D eigenvalue weighted by atomic mass is 9.92. The molecule has 0 aliphatic heterocycles. The van der Waals surface area contributed by atoms with Gasteiger partial charge in [0.05, 0.1) is 17.7 Å². The monoisotopic (exact) mass is 302 g/mol. The predicted molar refractivity (Wildman–Crippen MR) is 84.1 cm³/mol. The van der Waals surface area contributed by atoms with E-state index in [4.69, 9.17) is 4.52 Å². The molecule has 0 aliphatic carbocycles. The highest BCUT2D eigenvalue weighted by Crippen LogP contribution is 2.20. The van der Waals surface area contributed by atoms with Crippen molar-refractivity contribution in [1.29, 1.82) is 0 Å². The smallest absolute Gasteiger partial charge is 0.226 e. The normalized spacial score (nSPS) is 13.9. The summed E-state index contributed by atoms with van der Waals surface area (Å²) in [6.07, 6.45) is 0.129. The van der Waals surface area contributed by atoms with Crippen LogP contribution in [0.1, 0.15) is 26.5 Å². The van der Waals surface area contributed by atoms with Crippen LogP contribution in [0.5, 0.6) is 0 Å². The fourth-order valence-electron chi connectivity index (χ4n) is 1.84. The van der Waals surface area contributed by atoms with E-state index in [-0.39, 0.29) is 24.8 Å². The van der Waals surface area contributed by atoms with Crippen LogP contribution in [0.4, 0.5) is 0 Å². The molecule has 5 nitrogen and oxygen atoms in total. The Labute approximate surface area is 130 Å². The van der Waals surface area contributed by atoms with E-state index in [0.717, 1.165) is 5.56 Å². The third-order valence-electron chi connectivity index (χ3n) is 3.85. The number of nitrogens with one attached hydrogen (secondary N) is 1. The number of benzene rings is 1. The summed E-state index contributed by atoms with van der Waals surface area (Å²) in [5.74, 6) is 0.510. The Kier molecular flexibility index (Phi) is 4.98. The number of carbonyl (C=O) groups excluding carboxylic acids is 1. The second-order valence-electron chi connectivity index (χ2n) is 6.01. The van der Waals surface area contributed by atoms with Gasteiger partial charge in [-0.2, -0.15) is 0 Å². The first kappa shape index (κ1) is 16.2. The Hall–Kier alpha value is -2.14. The molecule has 2 aromatic rings. The van der Waals surface area contributed by atoms with Gasteiger partial charge in [-0.1, -0.05) is 49.3 Å². The van der Waals surface area contributed by atoms with E-state index in [9.17, 15) is 9.90 Å². The van der Waals surface area contributed by atoms with Crippen molar-refractivity contribution in [2.45, 2.75) is 32.8 Å². The van der Waals surface area contributed by atoms with E-state index in [2.05, 4.69) is 10.5 Å². The molecule has 1 aromatic carbocycles. The van der Waals surface area contributed by atoms with Crippen LogP contribution in [0.2, 0.25) is 0 Å². The van der Waals surface area contributed by atoms with Gasteiger partial charge in [0.2, 0.25) is 5.91 Å². The third-order valence-corrected chi connectivity index (χ3v) is 3.85. The Morgan fingerprint density at radius 2 is 2.05 bits per heavy atom. The standard InChI is InChI=1S/C17H22N2O3/c1-12(2)17(3,21)11-18-16(20)10-14-9-15(22-19-14)13-7-5-4-6-8-13/h4-9,12,21H,10-11H2,1-3H3,(H,18,20). The highest BCUT2D eigenvalue weighted by Gasteiger charge is 2.25. The number of carbonyl (C=O) groups is 1. The van der Waals surface area contributed by atoms with Crippen molar-refractivity contribution in [2.75, 3.05) is 6.54 Å². The Balaban J connectivity index is 1.92. The van der Waals surface area contributed by atoms with Crippen LogP contribution >= 0.6 is 0 Å². The summed E-state index contributed by atoms with van der Waals surface area (Å²) in [6, 6.07) is 11.4. The van der Waals surface area contributed by atoms with Crippen LogP contribution in [0.25, 0.3) is 11.3 Å². The molecule has 22 heavy (non-hydrogen) atoms. The molecule has 0 fully saturated rings. The van der Waals surface area contributed by atoms with Gasteiger partial charge in [0.15, 0.2) is 5.76 Å². The maximum absolute atomic E-state index is 11.9. The zero-order valence-corrected chi connectivity index (χ0v) is 13.2. The minimum atomic E-state index is -0.922. The maximum atomic E-state index is 11.9. The van der Waals surface area contributed by atoms with Gasteiger partial charge in [-0.05, 0) is 12.8 Å². The lowest BCUT2D eigenvalue weighted by Gasteiger charge is -2.27. The summed E-state index contributed by atoms with van der Waals surface area (Å²) in [5.41, 5.74) is 0.569. The number of nitrogens with zero attached hydrogens (tertiary/aromatic N) is 1. The number of hydrogen-bond acceptors (Lipinski definition) is 4. The summed E-state index contributed by atoms with van der Waals surface area (Å²) >= 11 is 0. The van der Waals surface area contributed by atoms with Gasteiger partial charge in [0.25, 0.3) is 0 Å². The first-order chi connectivity index (χ1) is 10.4. The largest absolute Gasteiger partial charge is 0.388 e. The molecule has 5 heteroatoms. The second kappa shape index (κ2) is 6.75. The molecule has 1 aromatic heterocycles. The third kappa shape index (κ3) is 4.18. The van der Waals surface area contributed by atoms with Crippen LogP contribution in [-0.4, -0.2) is 28.3 Å². The van der Waals surface area contributed by atoms with Gasteiger partial charge in [-0.15, -0.1) is 0 Å². The molecule has 0 aliphatic rings. The average Bonchev–Trinajstić information content (AvgIpc) is 2.94. The molecule has 1 unspecified atom stereocenters. The summed E-state index contributed by atoms with van der Waals surface area (Å²) in [5, 5.41) is 16.8. The average molecular weight is 302 g/mol. The lowest BCUT2D eigenvalue weighted by Crippen LogP contribution is -2.44. The molecule has 1 heterocycles. The van der Waals surface area contributed by atoms with Gasteiger partial charge in [0.1, 0.15) is 0 Å². The summed E-state index contributed by atoms with van der Waals surface area (Å²) in [6.45, 7) is 5.75. The van der Waals surface area contributed by atoms with Gasteiger partial charge in [0, 0.05) is 18.2 Å². The molecule has 0 radical (unpaired) electrons. The first-order valence-electron chi connectivity index (χ1n) is 7.38. The van der Waals surface area contributed by atoms with Crippen molar-refractivity contribution < 1.29 is 14.4 Å². The maximum Gasteiger partial charge on any atom is 0.226 e. The van der Waals surface area contributed by atoms with Crippen molar-refractivity contribution >= 4 is 5.91 Å². The van der Waals surface area contributed by atoms with Crippen LogP contribution < -0.4 is 5.32 Å². The van der Waals surface area contributed by atoms with E-state index >= 15 is 0 Å². The fraction of sp³-hybridized carbons (Fsp3) is 0.412. The van der Waals surface area contributed by atoms with Crippen molar-refractivity contribution in [3.63, 3.8) is 0 Å². The van der Waals surface area contributed by atoms with Gasteiger partial charge >= 0.3 is 0 Å². The molecule has 0 bridgehead atoms. The SMILES string of the molecule is CC(C)C(C)(O)CNC(=O)Cc1cc(-c2ccccc2)on1. The molecule has 0 saturated carbocycles. The minimum Gasteiger partial charge on any atom is -0.388 e. The highest BCUT2D eigenvalue weighted by atomic mass is 16.5. The Morgan fingerprint density at radius 3 is 2.68 bits per heavy atom. The molecular weight excluding hydrogens is 280 g/mol. The number of hydrogen-bond donors (Lipinski definition) is 2. The molecule has 1 atom stereocenters. The number of aromatic nitrogens is 1. The quantitative estimate of drug-likeness (QED) is 0.859. The highest BCUT2D eigenvalue weighted by molar-refractivity contribution is 5.78. The van der Waals surface area contributed by atoms with Crippen molar-refractivity contribution in [3.8, 4) is 11.3 Å². The first-order valence-corrected chi connectivity index (χ1v) is 7.38. The summed E-state index contributed by atoms with van der Waals surface area (Å²) in [7, 11) is 0. The summed E-state index contributed by atoms with van der Waals surface area (Å²) < 4.78 is 5.26. The second-order valence-corrected chi connectivity index (χ2v) is 6.01. The Bertz CT molecular complexity index is 618. The van der Waals surface area contributed by atoms with E-state index in [1.54, 1.807) is 13.0 Å². The molecule has 0 saturated heterocycles. The van der Waals surface area contributed by atoms with E-state index < -0.39 is 5.60 Å². The van der Waals surface area contributed by atoms with Crippen molar-refractivity contribution in [1.82, 2.24) is 10.5 Å². The van der Waals surface area contributed by atoms with Gasteiger partial charge in [-0.3, -0.25) is 4.79 Å². The van der Waals surface area contributed by atoms with Crippen LogP contribution in [-0.2, 0) is 11.2 Å². The molecule has 0 spiro atoms. The van der Waals surface area contributed by atoms with Crippen LogP contribution in [0, 0.1) is 5.92 Å². The number of aliphatic hydroxyl groups is 1. The zero-order valence-electron chi connectivity index (χ0n) is 13.2. The molecule has 118 valence electrons. The topological polar surface area (TPSA) is 75.4 Å². The van der Waals surface area contributed by atoms with Crippen molar-refractivity contribution in [3.05, 3.63) is 42.1 Å². The van der Waals surface area contributed by atoms with E-state index in [0.29, 0.717) is 11.5 Å². The van der Waals surface area contributed by atoms with Crippen molar-refractivity contribution in [2.24, 2.45) is 5.92 Å². The Morgan fingerprint density at radius 1 is 1.36 bits per heavy atom. The van der Waals surface area contributed by atoms with E-state index in [1.165, 1.54) is 0 Å². The molecule has 2 N–H and O–H groups in total. The summed E-state index contributed by atoms with van der Waals surface area (Å²) in [4.78, 5) is 11.9.